The summed E-state index contributed by atoms with van der Waals surface area (Å²) in [5.41, 5.74) is 2.52. The van der Waals surface area contributed by atoms with Gasteiger partial charge in [0.25, 0.3) is 0 Å². The molecule has 0 fully saturated rings. The average Bonchev–Trinajstić information content (AvgIpc) is 2.74. The molecule has 1 amide bonds. The van der Waals surface area contributed by atoms with Crippen LogP contribution in [0.15, 0.2) is 78.9 Å². The van der Waals surface area contributed by atoms with Gasteiger partial charge in [0.1, 0.15) is 11.6 Å². The molecule has 150 valence electrons. The van der Waals surface area contributed by atoms with Gasteiger partial charge >= 0.3 is 0 Å². The molecular formula is C24H25FN2O2. The van der Waals surface area contributed by atoms with Crippen LogP contribution < -0.4 is 10.1 Å². The third-order valence-corrected chi connectivity index (χ3v) is 4.70. The first-order valence-electron chi connectivity index (χ1n) is 9.47. The van der Waals surface area contributed by atoms with Crippen molar-refractivity contribution in [3.8, 4) is 5.75 Å². The van der Waals surface area contributed by atoms with Gasteiger partial charge in [-0.25, -0.2) is 4.39 Å². The van der Waals surface area contributed by atoms with Gasteiger partial charge in [0.15, 0.2) is 0 Å². The summed E-state index contributed by atoms with van der Waals surface area (Å²) in [6, 6.07) is 23.8. The van der Waals surface area contributed by atoms with Gasteiger partial charge in [-0.3, -0.25) is 9.69 Å². The molecule has 3 rings (SSSR count). The van der Waals surface area contributed by atoms with E-state index in [1.807, 2.05) is 54.6 Å². The zero-order valence-corrected chi connectivity index (χ0v) is 16.6. The highest BCUT2D eigenvalue weighted by Crippen LogP contribution is 2.24. The topological polar surface area (TPSA) is 41.6 Å². The maximum absolute atomic E-state index is 13.9. The number of benzene rings is 3. The molecule has 0 aromatic heterocycles. The SMILES string of the molecule is COc1ccc([C@H](NC(=O)CN(C)Cc2ccccc2F)c2ccccc2)cc1. The summed E-state index contributed by atoms with van der Waals surface area (Å²) in [5, 5.41) is 3.10. The number of ether oxygens (including phenoxy) is 1. The van der Waals surface area contributed by atoms with Crippen LogP contribution in [-0.2, 0) is 11.3 Å². The monoisotopic (exact) mass is 392 g/mol. The summed E-state index contributed by atoms with van der Waals surface area (Å²) in [5.74, 6) is 0.366. The summed E-state index contributed by atoms with van der Waals surface area (Å²) in [6.07, 6.45) is 0. The number of halogens is 1. The van der Waals surface area contributed by atoms with E-state index in [2.05, 4.69) is 5.32 Å². The van der Waals surface area contributed by atoms with Crippen molar-refractivity contribution in [1.82, 2.24) is 10.2 Å². The third-order valence-electron chi connectivity index (χ3n) is 4.70. The Morgan fingerprint density at radius 1 is 0.966 bits per heavy atom. The smallest absolute Gasteiger partial charge is 0.234 e. The van der Waals surface area contributed by atoms with Gasteiger partial charge < -0.3 is 10.1 Å². The molecule has 3 aromatic carbocycles. The Morgan fingerprint density at radius 3 is 2.24 bits per heavy atom. The molecular weight excluding hydrogens is 367 g/mol. The number of rotatable bonds is 8. The van der Waals surface area contributed by atoms with Gasteiger partial charge in [-0.2, -0.15) is 0 Å². The van der Waals surface area contributed by atoms with E-state index in [0.717, 1.165) is 16.9 Å². The van der Waals surface area contributed by atoms with Crippen LogP contribution in [0.1, 0.15) is 22.7 Å². The highest BCUT2D eigenvalue weighted by Gasteiger charge is 2.18. The number of nitrogens with zero attached hydrogens (tertiary/aromatic N) is 1. The fourth-order valence-electron chi connectivity index (χ4n) is 3.23. The van der Waals surface area contributed by atoms with Crippen molar-refractivity contribution >= 4 is 5.91 Å². The first kappa shape index (κ1) is 20.6. The Balaban J connectivity index is 1.71. The van der Waals surface area contributed by atoms with Gasteiger partial charge in [-0.15, -0.1) is 0 Å². The molecule has 0 radical (unpaired) electrons. The maximum atomic E-state index is 13.9. The number of hydrogen-bond donors (Lipinski definition) is 1. The molecule has 5 heteroatoms. The van der Waals surface area contributed by atoms with Crippen molar-refractivity contribution in [3.63, 3.8) is 0 Å². The van der Waals surface area contributed by atoms with E-state index >= 15 is 0 Å². The Labute approximate surface area is 170 Å². The first-order chi connectivity index (χ1) is 14.1. The number of methoxy groups -OCH3 is 1. The lowest BCUT2D eigenvalue weighted by molar-refractivity contribution is -0.122. The molecule has 0 aliphatic carbocycles. The number of likely N-dealkylation sites (N-methyl/N-ethyl adjacent to an activating group) is 1. The van der Waals surface area contributed by atoms with E-state index < -0.39 is 0 Å². The first-order valence-corrected chi connectivity index (χ1v) is 9.47. The van der Waals surface area contributed by atoms with E-state index in [-0.39, 0.29) is 24.3 Å². The number of amides is 1. The number of carbonyl (C=O) groups is 1. The van der Waals surface area contributed by atoms with E-state index in [0.29, 0.717) is 12.1 Å². The molecule has 0 saturated carbocycles. The van der Waals surface area contributed by atoms with E-state index in [1.54, 1.807) is 37.3 Å². The quantitative estimate of drug-likeness (QED) is 0.626. The fourth-order valence-corrected chi connectivity index (χ4v) is 3.23. The molecule has 0 saturated heterocycles. The molecule has 0 aliphatic heterocycles. The van der Waals surface area contributed by atoms with Crippen LogP contribution in [0.3, 0.4) is 0 Å². The number of nitrogens with one attached hydrogen (secondary N) is 1. The molecule has 0 unspecified atom stereocenters. The minimum absolute atomic E-state index is 0.131. The normalized spacial score (nSPS) is 11.9. The second kappa shape index (κ2) is 9.85. The van der Waals surface area contributed by atoms with Crippen LogP contribution in [0.5, 0.6) is 5.75 Å². The van der Waals surface area contributed by atoms with Crippen molar-refractivity contribution in [2.45, 2.75) is 12.6 Å². The number of carbonyl (C=O) groups excluding carboxylic acids is 1. The largest absolute Gasteiger partial charge is 0.497 e. The molecule has 0 heterocycles. The lowest BCUT2D eigenvalue weighted by Gasteiger charge is -2.22. The molecule has 0 aliphatic rings. The summed E-state index contributed by atoms with van der Waals surface area (Å²) >= 11 is 0. The fraction of sp³-hybridized carbons (Fsp3) is 0.208. The molecule has 29 heavy (non-hydrogen) atoms. The highest BCUT2D eigenvalue weighted by atomic mass is 19.1. The maximum Gasteiger partial charge on any atom is 0.234 e. The van der Waals surface area contributed by atoms with Crippen molar-refractivity contribution in [2.75, 3.05) is 20.7 Å². The van der Waals surface area contributed by atoms with Crippen LogP contribution in [0.4, 0.5) is 4.39 Å². The molecule has 1 atom stereocenters. The summed E-state index contributed by atoms with van der Waals surface area (Å²) < 4.78 is 19.1. The zero-order chi connectivity index (χ0) is 20.6. The molecule has 1 N–H and O–H groups in total. The second-order valence-electron chi connectivity index (χ2n) is 6.95. The highest BCUT2D eigenvalue weighted by molar-refractivity contribution is 5.79. The average molecular weight is 392 g/mol. The Bertz CT molecular complexity index is 929. The van der Waals surface area contributed by atoms with Gasteiger partial charge in [0.05, 0.1) is 19.7 Å². The van der Waals surface area contributed by atoms with Crippen molar-refractivity contribution in [1.29, 1.82) is 0 Å². The van der Waals surface area contributed by atoms with Gasteiger partial charge in [-0.05, 0) is 36.4 Å². The predicted molar refractivity (Wildman–Crippen MR) is 112 cm³/mol. The minimum atomic E-state index is -0.281. The number of hydrogen-bond acceptors (Lipinski definition) is 3. The van der Waals surface area contributed by atoms with Gasteiger partial charge in [0, 0.05) is 12.1 Å². The van der Waals surface area contributed by atoms with Crippen LogP contribution in [0.2, 0.25) is 0 Å². The Morgan fingerprint density at radius 2 is 1.59 bits per heavy atom. The predicted octanol–water partition coefficient (Wildman–Crippen LogP) is 4.17. The van der Waals surface area contributed by atoms with Crippen LogP contribution in [0.25, 0.3) is 0 Å². The van der Waals surface area contributed by atoms with Crippen LogP contribution in [-0.4, -0.2) is 31.5 Å². The Hall–Kier alpha value is -3.18. The van der Waals surface area contributed by atoms with Crippen LogP contribution in [0, 0.1) is 5.82 Å². The van der Waals surface area contributed by atoms with E-state index in [1.165, 1.54) is 6.07 Å². The standard InChI is InChI=1S/C24H25FN2O2/c1-27(16-20-10-6-7-11-22(20)25)17-23(28)26-24(18-8-4-3-5-9-18)19-12-14-21(29-2)15-13-19/h3-15,24H,16-17H2,1-2H3,(H,26,28)/t24-/m1/s1. The third kappa shape index (κ3) is 5.65. The lowest BCUT2D eigenvalue weighted by Crippen LogP contribution is -2.37. The minimum Gasteiger partial charge on any atom is -0.497 e. The summed E-state index contributed by atoms with van der Waals surface area (Å²) in [7, 11) is 3.42. The molecule has 3 aromatic rings. The van der Waals surface area contributed by atoms with Gasteiger partial charge in [-0.1, -0.05) is 60.7 Å². The second-order valence-corrected chi connectivity index (χ2v) is 6.95. The Kier molecular flexibility index (Phi) is 6.98. The zero-order valence-electron chi connectivity index (χ0n) is 16.6. The molecule has 4 nitrogen and oxygen atoms in total. The van der Waals surface area contributed by atoms with Crippen LogP contribution >= 0.6 is 0 Å². The van der Waals surface area contributed by atoms with E-state index in [4.69, 9.17) is 4.74 Å². The molecule has 0 spiro atoms. The van der Waals surface area contributed by atoms with Gasteiger partial charge in [0.2, 0.25) is 5.91 Å². The van der Waals surface area contributed by atoms with Crippen molar-refractivity contribution in [2.24, 2.45) is 0 Å². The lowest BCUT2D eigenvalue weighted by atomic mass is 9.98. The van der Waals surface area contributed by atoms with Crippen molar-refractivity contribution < 1.29 is 13.9 Å². The van der Waals surface area contributed by atoms with E-state index in [9.17, 15) is 9.18 Å². The van der Waals surface area contributed by atoms with Crippen molar-refractivity contribution in [3.05, 3.63) is 101 Å². The molecule has 0 bridgehead atoms. The summed E-state index contributed by atoms with van der Waals surface area (Å²) in [4.78, 5) is 14.5. The summed E-state index contributed by atoms with van der Waals surface area (Å²) in [6.45, 7) is 0.520.